The maximum absolute atomic E-state index is 5.95. The first-order valence-corrected chi connectivity index (χ1v) is 7.44. The van der Waals surface area contributed by atoms with Crippen molar-refractivity contribution >= 4 is 0 Å². The molecule has 20 heavy (non-hydrogen) atoms. The Bertz CT molecular complexity index is 391. The molecule has 1 aliphatic rings. The van der Waals surface area contributed by atoms with Gasteiger partial charge in [0.15, 0.2) is 0 Å². The molecule has 0 aromatic heterocycles. The topological polar surface area (TPSA) is 30.5 Å². The predicted octanol–water partition coefficient (Wildman–Crippen LogP) is 3.00. The van der Waals surface area contributed by atoms with E-state index in [2.05, 4.69) is 38.2 Å². The molecule has 0 radical (unpaired) electrons. The maximum atomic E-state index is 5.95. The number of rotatable bonds is 6. The lowest BCUT2D eigenvalue weighted by molar-refractivity contribution is 0.0222. The van der Waals surface area contributed by atoms with E-state index in [-0.39, 0.29) is 11.0 Å². The average molecular weight is 277 g/mol. The smallest absolute Gasteiger partial charge is 0.0717 e. The van der Waals surface area contributed by atoms with Crippen LogP contribution in [0.2, 0.25) is 0 Å². The van der Waals surface area contributed by atoms with E-state index in [4.69, 9.17) is 9.47 Å². The molecule has 1 fully saturated rings. The van der Waals surface area contributed by atoms with Crippen molar-refractivity contribution in [3.05, 3.63) is 35.9 Å². The summed E-state index contributed by atoms with van der Waals surface area (Å²) in [4.78, 5) is 0. The van der Waals surface area contributed by atoms with E-state index >= 15 is 0 Å². The van der Waals surface area contributed by atoms with Crippen LogP contribution in [0.15, 0.2) is 30.3 Å². The molecule has 0 bridgehead atoms. The summed E-state index contributed by atoms with van der Waals surface area (Å²) in [6.45, 7) is 10.6. The van der Waals surface area contributed by atoms with Gasteiger partial charge in [0.2, 0.25) is 0 Å². The van der Waals surface area contributed by atoms with Gasteiger partial charge in [0.05, 0.1) is 19.8 Å². The summed E-state index contributed by atoms with van der Waals surface area (Å²) in [7, 11) is 0. The normalized spacial score (nSPS) is 23.1. The Morgan fingerprint density at radius 2 is 2.00 bits per heavy atom. The van der Waals surface area contributed by atoms with Crippen molar-refractivity contribution in [2.24, 2.45) is 5.41 Å². The highest BCUT2D eigenvalue weighted by atomic mass is 16.5. The minimum atomic E-state index is 0.127. The SMILES string of the molecule is CC(C)(C)NCC1(COCc2ccccc2)CCOC1. The van der Waals surface area contributed by atoms with Gasteiger partial charge >= 0.3 is 0 Å². The quantitative estimate of drug-likeness (QED) is 0.867. The Morgan fingerprint density at radius 1 is 1.25 bits per heavy atom. The van der Waals surface area contributed by atoms with Gasteiger partial charge in [-0.1, -0.05) is 30.3 Å². The third-order valence-corrected chi connectivity index (χ3v) is 3.70. The van der Waals surface area contributed by atoms with Crippen molar-refractivity contribution in [3.63, 3.8) is 0 Å². The molecule has 0 saturated carbocycles. The molecule has 1 unspecified atom stereocenters. The van der Waals surface area contributed by atoms with Gasteiger partial charge in [-0.25, -0.2) is 0 Å². The Balaban J connectivity index is 1.83. The molecule has 1 N–H and O–H groups in total. The van der Waals surface area contributed by atoms with Crippen molar-refractivity contribution in [2.75, 3.05) is 26.4 Å². The van der Waals surface area contributed by atoms with Crippen molar-refractivity contribution in [1.82, 2.24) is 5.32 Å². The second kappa shape index (κ2) is 6.70. The lowest BCUT2D eigenvalue weighted by atomic mass is 9.87. The predicted molar refractivity (Wildman–Crippen MR) is 81.7 cm³/mol. The Kier molecular flexibility index (Phi) is 5.19. The zero-order chi connectivity index (χ0) is 14.5. The number of hydrogen-bond acceptors (Lipinski definition) is 3. The molecule has 3 nitrogen and oxygen atoms in total. The highest BCUT2D eigenvalue weighted by Crippen LogP contribution is 2.29. The van der Waals surface area contributed by atoms with Gasteiger partial charge < -0.3 is 14.8 Å². The molecule has 1 aromatic carbocycles. The van der Waals surface area contributed by atoms with Gasteiger partial charge in [0.1, 0.15) is 0 Å². The fourth-order valence-electron chi connectivity index (χ4n) is 2.37. The molecule has 1 aliphatic heterocycles. The molecular formula is C17H27NO2. The van der Waals surface area contributed by atoms with E-state index in [9.17, 15) is 0 Å². The number of hydrogen-bond donors (Lipinski definition) is 1. The van der Waals surface area contributed by atoms with E-state index in [1.165, 1.54) is 5.56 Å². The van der Waals surface area contributed by atoms with Gasteiger partial charge in [0.25, 0.3) is 0 Å². The molecule has 0 aliphatic carbocycles. The number of ether oxygens (including phenoxy) is 2. The Labute approximate surface area is 122 Å². The lowest BCUT2D eigenvalue weighted by Gasteiger charge is -2.32. The van der Waals surface area contributed by atoms with Crippen LogP contribution >= 0.6 is 0 Å². The summed E-state index contributed by atoms with van der Waals surface area (Å²) in [6.07, 6.45) is 1.07. The molecule has 1 saturated heterocycles. The van der Waals surface area contributed by atoms with Gasteiger partial charge in [-0.05, 0) is 32.8 Å². The van der Waals surface area contributed by atoms with Crippen LogP contribution < -0.4 is 5.32 Å². The van der Waals surface area contributed by atoms with Crippen molar-refractivity contribution in [3.8, 4) is 0 Å². The maximum Gasteiger partial charge on any atom is 0.0717 e. The van der Waals surface area contributed by atoms with Gasteiger partial charge in [-0.15, -0.1) is 0 Å². The molecule has 1 aromatic rings. The fourth-order valence-corrected chi connectivity index (χ4v) is 2.37. The molecule has 0 amide bonds. The van der Waals surface area contributed by atoms with E-state index in [0.717, 1.165) is 32.8 Å². The van der Waals surface area contributed by atoms with E-state index in [0.29, 0.717) is 6.61 Å². The summed E-state index contributed by atoms with van der Waals surface area (Å²) < 4.78 is 11.6. The second-order valence-corrected chi connectivity index (χ2v) is 6.88. The summed E-state index contributed by atoms with van der Waals surface area (Å²) in [5.41, 5.74) is 1.49. The third-order valence-electron chi connectivity index (χ3n) is 3.70. The number of benzene rings is 1. The highest BCUT2D eigenvalue weighted by Gasteiger charge is 2.36. The van der Waals surface area contributed by atoms with Gasteiger partial charge in [0, 0.05) is 24.1 Å². The summed E-state index contributed by atoms with van der Waals surface area (Å²) in [5.74, 6) is 0. The molecule has 112 valence electrons. The van der Waals surface area contributed by atoms with Crippen LogP contribution in [0.3, 0.4) is 0 Å². The Morgan fingerprint density at radius 3 is 2.60 bits per heavy atom. The van der Waals surface area contributed by atoms with E-state index < -0.39 is 0 Å². The molecule has 3 heteroatoms. The van der Waals surface area contributed by atoms with Crippen LogP contribution in [-0.4, -0.2) is 31.9 Å². The fraction of sp³-hybridized carbons (Fsp3) is 0.647. The molecular weight excluding hydrogens is 250 g/mol. The lowest BCUT2D eigenvalue weighted by Crippen LogP contribution is -2.46. The zero-order valence-electron chi connectivity index (χ0n) is 12.9. The standard InChI is InChI=1S/C17H27NO2/c1-16(2,3)18-12-17(9-10-19-13-17)14-20-11-15-7-5-4-6-8-15/h4-8,18H,9-14H2,1-3H3. The summed E-state index contributed by atoms with van der Waals surface area (Å²) in [5, 5.41) is 3.59. The average Bonchev–Trinajstić information content (AvgIpc) is 2.86. The van der Waals surface area contributed by atoms with Crippen LogP contribution in [0.5, 0.6) is 0 Å². The molecule has 0 spiro atoms. The van der Waals surface area contributed by atoms with Crippen LogP contribution in [0.1, 0.15) is 32.8 Å². The minimum Gasteiger partial charge on any atom is -0.381 e. The first-order valence-electron chi connectivity index (χ1n) is 7.44. The van der Waals surface area contributed by atoms with Gasteiger partial charge in [-0.3, -0.25) is 0 Å². The molecule has 2 rings (SSSR count). The second-order valence-electron chi connectivity index (χ2n) is 6.88. The first kappa shape index (κ1) is 15.5. The number of nitrogens with one attached hydrogen (secondary N) is 1. The monoisotopic (exact) mass is 277 g/mol. The molecule has 1 atom stereocenters. The van der Waals surface area contributed by atoms with Crippen LogP contribution in [0.4, 0.5) is 0 Å². The van der Waals surface area contributed by atoms with E-state index in [1.54, 1.807) is 0 Å². The minimum absolute atomic E-state index is 0.127. The van der Waals surface area contributed by atoms with Crippen molar-refractivity contribution in [2.45, 2.75) is 39.3 Å². The largest absolute Gasteiger partial charge is 0.381 e. The molecule has 1 heterocycles. The van der Waals surface area contributed by atoms with Crippen LogP contribution in [0, 0.1) is 5.41 Å². The van der Waals surface area contributed by atoms with Crippen molar-refractivity contribution in [1.29, 1.82) is 0 Å². The van der Waals surface area contributed by atoms with E-state index in [1.807, 2.05) is 18.2 Å². The van der Waals surface area contributed by atoms with Crippen molar-refractivity contribution < 1.29 is 9.47 Å². The van der Waals surface area contributed by atoms with Gasteiger partial charge in [-0.2, -0.15) is 0 Å². The summed E-state index contributed by atoms with van der Waals surface area (Å²) >= 11 is 0. The first-order chi connectivity index (χ1) is 9.49. The third kappa shape index (κ3) is 4.89. The van der Waals surface area contributed by atoms with Crippen LogP contribution in [0.25, 0.3) is 0 Å². The summed E-state index contributed by atoms with van der Waals surface area (Å²) in [6, 6.07) is 10.3. The Hall–Kier alpha value is -0.900. The zero-order valence-corrected chi connectivity index (χ0v) is 12.9. The van der Waals surface area contributed by atoms with Crippen LogP contribution in [-0.2, 0) is 16.1 Å². The highest BCUT2D eigenvalue weighted by molar-refractivity contribution is 5.13.